The molecular weight excluding hydrogens is 413 g/mol. The molecular formula is C21H19ClFN3O4. The number of benzene rings is 2. The standard InChI is InChI=1S/C21H19ClFN3O4/c1-12-6-14-9-17(2-3-18(14)25-12)26-5-4-21(29,19(26)27)30-20(28)24-11-13-7-15(22)10-16(23)8-13/h2-3,6-10,25,29H,4-5,11H2,1H3,(H,24,28)/t21-/m1/s1. The second-order valence-corrected chi connectivity index (χ2v) is 7.67. The summed E-state index contributed by atoms with van der Waals surface area (Å²) in [5, 5.41) is 14.1. The maximum atomic E-state index is 13.4. The summed E-state index contributed by atoms with van der Waals surface area (Å²) < 4.78 is 18.4. The molecule has 1 aliphatic heterocycles. The van der Waals surface area contributed by atoms with E-state index in [0.717, 1.165) is 22.7 Å². The molecule has 1 fully saturated rings. The fourth-order valence-corrected chi connectivity index (χ4v) is 3.78. The number of anilines is 1. The van der Waals surface area contributed by atoms with Crippen molar-refractivity contribution in [1.82, 2.24) is 10.3 Å². The van der Waals surface area contributed by atoms with Gasteiger partial charge in [-0.3, -0.25) is 4.79 Å². The second kappa shape index (κ2) is 7.62. The Bertz CT molecular complexity index is 1130. The van der Waals surface area contributed by atoms with Gasteiger partial charge in [0, 0.05) is 46.8 Å². The number of hydrogen-bond acceptors (Lipinski definition) is 4. The number of nitrogens with zero attached hydrogens (tertiary/aromatic N) is 1. The van der Waals surface area contributed by atoms with Crippen molar-refractivity contribution in [3.8, 4) is 0 Å². The van der Waals surface area contributed by atoms with Gasteiger partial charge in [-0.1, -0.05) is 11.6 Å². The summed E-state index contributed by atoms with van der Waals surface area (Å²) in [7, 11) is 0. The summed E-state index contributed by atoms with van der Waals surface area (Å²) in [6.45, 7) is 2.05. The van der Waals surface area contributed by atoms with Crippen molar-refractivity contribution < 1.29 is 23.8 Å². The highest BCUT2D eigenvalue weighted by molar-refractivity contribution is 6.30. The SMILES string of the molecule is Cc1cc2cc(N3CC[C@@](O)(OC(=O)NCc4cc(F)cc(Cl)c4)C3=O)ccc2[nH]1. The third-order valence-electron chi connectivity index (χ3n) is 4.93. The predicted octanol–water partition coefficient (Wildman–Crippen LogP) is 3.62. The molecule has 0 radical (unpaired) electrons. The number of amides is 2. The number of alkyl carbamates (subject to hydrolysis) is 1. The monoisotopic (exact) mass is 431 g/mol. The van der Waals surface area contributed by atoms with Gasteiger partial charge in [0.15, 0.2) is 0 Å². The molecule has 7 nitrogen and oxygen atoms in total. The third-order valence-corrected chi connectivity index (χ3v) is 5.14. The summed E-state index contributed by atoms with van der Waals surface area (Å²) in [4.78, 5) is 29.5. The van der Waals surface area contributed by atoms with Crippen molar-refractivity contribution in [1.29, 1.82) is 0 Å². The minimum Gasteiger partial charge on any atom is -0.407 e. The number of carbonyl (C=O) groups excluding carboxylic acids is 2. The van der Waals surface area contributed by atoms with E-state index in [-0.39, 0.29) is 24.5 Å². The van der Waals surface area contributed by atoms with Gasteiger partial charge in [-0.05, 0) is 55.0 Å². The second-order valence-electron chi connectivity index (χ2n) is 7.24. The number of aromatic nitrogens is 1. The molecule has 1 atom stereocenters. The molecule has 1 saturated heterocycles. The van der Waals surface area contributed by atoms with Crippen LogP contribution < -0.4 is 10.2 Å². The molecule has 2 heterocycles. The maximum Gasteiger partial charge on any atom is 0.410 e. The Balaban J connectivity index is 1.42. The quantitative estimate of drug-likeness (QED) is 0.550. The van der Waals surface area contributed by atoms with Crippen LogP contribution in [-0.2, 0) is 16.1 Å². The first kappa shape index (κ1) is 20.2. The molecule has 9 heteroatoms. The topological polar surface area (TPSA) is 94.7 Å². The van der Waals surface area contributed by atoms with E-state index in [2.05, 4.69) is 10.3 Å². The number of carbonyl (C=O) groups is 2. The summed E-state index contributed by atoms with van der Waals surface area (Å²) in [5.74, 6) is -3.53. The highest BCUT2D eigenvalue weighted by Gasteiger charge is 2.49. The summed E-state index contributed by atoms with van der Waals surface area (Å²) in [6.07, 6.45) is -1.07. The highest BCUT2D eigenvalue weighted by Crippen LogP contribution is 2.31. The molecule has 0 saturated carbocycles. The first-order chi connectivity index (χ1) is 14.2. The van der Waals surface area contributed by atoms with Crippen molar-refractivity contribution in [2.45, 2.75) is 25.7 Å². The smallest absolute Gasteiger partial charge is 0.407 e. The number of aliphatic hydroxyl groups is 1. The van der Waals surface area contributed by atoms with Crippen LogP contribution in [0.5, 0.6) is 0 Å². The van der Waals surface area contributed by atoms with Crippen LogP contribution in [0.25, 0.3) is 10.9 Å². The normalized spacial score (nSPS) is 18.8. The number of aromatic amines is 1. The van der Waals surface area contributed by atoms with Crippen LogP contribution in [0.2, 0.25) is 5.02 Å². The molecule has 1 aliphatic rings. The first-order valence-electron chi connectivity index (χ1n) is 9.29. The largest absolute Gasteiger partial charge is 0.410 e. The van der Waals surface area contributed by atoms with E-state index in [4.69, 9.17) is 16.3 Å². The minimum absolute atomic E-state index is 0.0742. The van der Waals surface area contributed by atoms with Crippen LogP contribution in [0.1, 0.15) is 17.7 Å². The molecule has 2 aromatic carbocycles. The lowest BCUT2D eigenvalue weighted by Crippen LogP contribution is -2.46. The van der Waals surface area contributed by atoms with Gasteiger partial charge in [0.1, 0.15) is 5.82 Å². The van der Waals surface area contributed by atoms with E-state index in [1.807, 2.05) is 25.1 Å². The fraction of sp³-hybridized carbons (Fsp3) is 0.238. The van der Waals surface area contributed by atoms with Crippen LogP contribution in [0.15, 0.2) is 42.5 Å². The third kappa shape index (κ3) is 3.96. The highest BCUT2D eigenvalue weighted by atomic mass is 35.5. The number of fused-ring (bicyclic) bond motifs is 1. The fourth-order valence-electron chi connectivity index (χ4n) is 3.53. The van der Waals surface area contributed by atoms with Gasteiger partial charge in [-0.15, -0.1) is 0 Å². The number of H-pyrrole nitrogens is 1. The molecule has 0 spiro atoms. The minimum atomic E-state index is -2.27. The van der Waals surface area contributed by atoms with Gasteiger partial charge in [0.05, 0.1) is 0 Å². The zero-order chi connectivity index (χ0) is 21.5. The average molecular weight is 432 g/mol. The van der Waals surface area contributed by atoms with Crippen molar-refractivity contribution in [2.75, 3.05) is 11.4 Å². The molecule has 3 N–H and O–H groups in total. The molecule has 0 unspecified atom stereocenters. The average Bonchev–Trinajstić information content (AvgIpc) is 3.18. The number of rotatable bonds is 4. The molecule has 2 amide bonds. The first-order valence-corrected chi connectivity index (χ1v) is 9.67. The molecule has 1 aromatic heterocycles. The molecule has 3 aromatic rings. The van der Waals surface area contributed by atoms with E-state index < -0.39 is 23.6 Å². The Labute approximate surface area is 176 Å². The van der Waals surface area contributed by atoms with Crippen LogP contribution >= 0.6 is 11.6 Å². The van der Waals surface area contributed by atoms with Crippen molar-refractivity contribution in [3.63, 3.8) is 0 Å². The lowest BCUT2D eigenvalue weighted by molar-refractivity contribution is -0.175. The van der Waals surface area contributed by atoms with E-state index >= 15 is 0 Å². The van der Waals surface area contributed by atoms with Crippen LogP contribution in [0, 0.1) is 12.7 Å². The molecule has 0 bridgehead atoms. The van der Waals surface area contributed by atoms with E-state index in [1.54, 1.807) is 6.07 Å². The molecule has 4 rings (SSSR count). The Morgan fingerprint density at radius 3 is 2.90 bits per heavy atom. The Hall–Kier alpha value is -3.10. The Morgan fingerprint density at radius 2 is 2.13 bits per heavy atom. The van der Waals surface area contributed by atoms with Crippen molar-refractivity contribution >= 4 is 40.2 Å². The van der Waals surface area contributed by atoms with Gasteiger partial charge >= 0.3 is 6.09 Å². The van der Waals surface area contributed by atoms with E-state index in [9.17, 15) is 19.1 Å². The molecule has 0 aliphatic carbocycles. The Morgan fingerprint density at radius 1 is 1.33 bits per heavy atom. The molecule has 30 heavy (non-hydrogen) atoms. The number of ether oxygens (including phenoxy) is 1. The van der Waals surface area contributed by atoms with Gasteiger partial charge in [-0.25, -0.2) is 9.18 Å². The van der Waals surface area contributed by atoms with Crippen molar-refractivity contribution in [2.24, 2.45) is 0 Å². The van der Waals surface area contributed by atoms with Gasteiger partial charge < -0.3 is 25.0 Å². The lowest BCUT2D eigenvalue weighted by Gasteiger charge is -2.22. The number of halogens is 2. The van der Waals surface area contributed by atoms with Gasteiger partial charge in [0.2, 0.25) is 0 Å². The number of nitrogens with one attached hydrogen (secondary N) is 2. The van der Waals surface area contributed by atoms with Crippen LogP contribution in [-0.4, -0.2) is 34.4 Å². The maximum absolute atomic E-state index is 13.4. The van der Waals surface area contributed by atoms with Gasteiger partial charge in [-0.2, -0.15) is 0 Å². The number of hydrogen-bond donors (Lipinski definition) is 3. The van der Waals surface area contributed by atoms with Crippen LogP contribution in [0.4, 0.5) is 14.9 Å². The lowest BCUT2D eigenvalue weighted by atomic mass is 10.2. The summed E-state index contributed by atoms with van der Waals surface area (Å²) >= 11 is 5.78. The summed E-state index contributed by atoms with van der Waals surface area (Å²) in [6, 6.07) is 11.2. The van der Waals surface area contributed by atoms with Gasteiger partial charge in [0.25, 0.3) is 11.7 Å². The molecule has 156 valence electrons. The van der Waals surface area contributed by atoms with Crippen LogP contribution in [0.3, 0.4) is 0 Å². The predicted molar refractivity (Wildman–Crippen MR) is 110 cm³/mol. The van der Waals surface area contributed by atoms with E-state index in [0.29, 0.717) is 11.3 Å². The summed E-state index contributed by atoms with van der Waals surface area (Å²) in [5.41, 5.74) is 2.94. The zero-order valence-electron chi connectivity index (χ0n) is 16.0. The Kier molecular flexibility index (Phi) is 5.13. The van der Waals surface area contributed by atoms with E-state index in [1.165, 1.54) is 17.0 Å². The zero-order valence-corrected chi connectivity index (χ0v) is 16.8. The van der Waals surface area contributed by atoms with Crippen molar-refractivity contribution in [3.05, 3.63) is 64.6 Å². The number of aryl methyl sites for hydroxylation is 1.